The zero-order valence-electron chi connectivity index (χ0n) is 8.55. The molecule has 2 N–H and O–H groups in total. The van der Waals surface area contributed by atoms with Gasteiger partial charge in [0.2, 0.25) is 0 Å². The van der Waals surface area contributed by atoms with Crippen molar-refractivity contribution >= 4 is 23.2 Å². The minimum absolute atomic E-state index is 0.351. The van der Waals surface area contributed by atoms with Crippen LogP contribution in [0.15, 0.2) is 10.6 Å². The van der Waals surface area contributed by atoms with Gasteiger partial charge >= 0.3 is 0 Å². The number of nitrogens with zero attached hydrogens (tertiary/aromatic N) is 1. The predicted molar refractivity (Wildman–Crippen MR) is 62.7 cm³/mol. The molecule has 0 unspecified atom stereocenters. The van der Waals surface area contributed by atoms with E-state index in [0.29, 0.717) is 16.6 Å². The molecule has 0 aromatic rings. The third-order valence-corrected chi connectivity index (χ3v) is 3.21. The molecule has 82 valence electrons. The van der Waals surface area contributed by atoms with E-state index in [2.05, 4.69) is 11.9 Å². The zero-order valence-corrected chi connectivity index (χ0v) is 10.1. The van der Waals surface area contributed by atoms with Gasteiger partial charge in [0.1, 0.15) is 4.49 Å². The Kier molecular flexibility index (Phi) is 5.24. The quantitative estimate of drug-likeness (QED) is 0.817. The lowest BCUT2D eigenvalue weighted by Crippen LogP contribution is -2.38. The van der Waals surface area contributed by atoms with E-state index in [9.17, 15) is 0 Å². The lowest BCUT2D eigenvalue weighted by molar-refractivity contribution is 0.199. The monoisotopic (exact) mass is 236 g/mol. The molecule has 1 saturated carbocycles. The van der Waals surface area contributed by atoms with E-state index in [1.165, 1.54) is 12.8 Å². The first-order valence-corrected chi connectivity index (χ1v) is 5.82. The Hall–Kier alpha value is 0.240. The molecule has 14 heavy (non-hydrogen) atoms. The molecule has 0 aromatic carbocycles. The van der Waals surface area contributed by atoms with Gasteiger partial charge in [0.05, 0.1) is 0 Å². The first-order chi connectivity index (χ1) is 6.59. The van der Waals surface area contributed by atoms with Crippen molar-refractivity contribution in [2.45, 2.75) is 37.8 Å². The topological polar surface area (TPSA) is 29.3 Å². The molecular weight excluding hydrogens is 219 g/mol. The Labute approximate surface area is 96.0 Å². The van der Waals surface area contributed by atoms with Crippen molar-refractivity contribution in [1.82, 2.24) is 4.90 Å². The molecule has 0 aromatic heterocycles. The standard InChI is InChI=1S/C10H18Cl2N2/c1-14(7-6-10(11)12)9-4-2-8(13)3-5-9/h6,8-9H,2-5,7,13H2,1H3. The minimum atomic E-state index is 0.351. The number of hydrogen-bond acceptors (Lipinski definition) is 2. The molecule has 0 saturated heterocycles. The summed E-state index contributed by atoms with van der Waals surface area (Å²) in [5.74, 6) is 0. The SMILES string of the molecule is CN(CC=C(Cl)Cl)C1CCC(N)CC1. The first kappa shape index (κ1) is 12.3. The Balaban J connectivity index is 2.30. The molecular formula is C10H18Cl2N2. The molecule has 0 amide bonds. The summed E-state index contributed by atoms with van der Waals surface area (Å²) in [5.41, 5.74) is 5.85. The third kappa shape index (κ3) is 4.18. The van der Waals surface area contributed by atoms with Crippen LogP contribution in [0.5, 0.6) is 0 Å². The second-order valence-corrected chi connectivity index (χ2v) is 5.01. The molecule has 2 nitrogen and oxygen atoms in total. The van der Waals surface area contributed by atoms with E-state index in [4.69, 9.17) is 28.9 Å². The molecule has 0 radical (unpaired) electrons. The van der Waals surface area contributed by atoms with Crippen LogP contribution in [-0.2, 0) is 0 Å². The van der Waals surface area contributed by atoms with Crippen LogP contribution >= 0.6 is 23.2 Å². The smallest absolute Gasteiger partial charge is 0.104 e. The molecule has 1 aliphatic rings. The van der Waals surface area contributed by atoms with E-state index < -0.39 is 0 Å². The highest BCUT2D eigenvalue weighted by atomic mass is 35.5. The van der Waals surface area contributed by atoms with Gasteiger partial charge in [-0.05, 0) is 38.8 Å². The molecule has 1 rings (SSSR count). The van der Waals surface area contributed by atoms with Crippen LogP contribution in [0, 0.1) is 0 Å². The van der Waals surface area contributed by atoms with Gasteiger partial charge < -0.3 is 5.73 Å². The van der Waals surface area contributed by atoms with E-state index in [-0.39, 0.29) is 0 Å². The van der Waals surface area contributed by atoms with Gasteiger partial charge in [0.15, 0.2) is 0 Å². The second kappa shape index (κ2) is 5.96. The molecule has 1 aliphatic carbocycles. The molecule has 1 fully saturated rings. The fourth-order valence-electron chi connectivity index (χ4n) is 1.90. The number of nitrogens with two attached hydrogens (primary N) is 1. The molecule has 0 bridgehead atoms. The average molecular weight is 237 g/mol. The van der Waals surface area contributed by atoms with Crippen molar-refractivity contribution in [1.29, 1.82) is 0 Å². The summed E-state index contributed by atoms with van der Waals surface area (Å²) in [4.78, 5) is 2.29. The van der Waals surface area contributed by atoms with Gasteiger partial charge in [-0.2, -0.15) is 0 Å². The Morgan fingerprint density at radius 2 is 1.93 bits per heavy atom. The molecule has 0 atom stereocenters. The number of likely N-dealkylation sites (N-methyl/N-ethyl adjacent to an activating group) is 1. The highest BCUT2D eigenvalue weighted by Crippen LogP contribution is 2.21. The number of rotatable bonds is 3. The van der Waals surface area contributed by atoms with E-state index >= 15 is 0 Å². The summed E-state index contributed by atoms with van der Waals surface area (Å²) < 4.78 is 0.351. The van der Waals surface area contributed by atoms with Crippen LogP contribution in [0.2, 0.25) is 0 Å². The highest BCUT2D eigenvalue weighted by molar-refractivity contribution is 6.55. The molecule has 0 aliphatic heterocycles. The average Bonchev–Trinajstić information content (AvgIpc) is 2.15. The summed E-state index contributed by atoms with van der Waals surface area (Å²) in [6, 6.07) is 1.05. The third-order valence-electron chi connectivity index (χ3n) is 2.90. The fourth-order valence-corrected chi connectivity index (χ4v) is 2.04. The molecule has 4 heteroatoms. The van der Waals surface area contributed by atoms with Gasteiger partial charge in [-0.1, -0.05) is 23.2 Å². The van der Waals surface area contributed by atoms with Crippen molar-refractivity contribution < 1.29 is 0 Å². The number of hydrogen-bond donors (Lipinski definition) is 1. The maximum absolute atomic E-state index is 5.85. The van der Waals surface area contributed by atoms with Gasteiger partial charge in [-0.3, -0.25) is 4.90 Å². The fraction of sp³-hybridized carbons (Fsp3) is 0.800. The largest absolute Gasteiger partial charge is 0.328 e. The maximum Gasteiger partial charge on any atom is 0.104 e. The summed E-state index contributed by atoms with van der Waals surface area (Å²) in [7, 11) is 2.11. The Bertz CT molecular complexity index is 194. The summed E-state index contributed by atoms with van der Waals surface area (Å²) in [6.07, 6.45) is 6.47. The van der Waals surface area contributed by atoms with Gasteiger partial charge in [-0.25, -0.2) is 0 Å². The summed E-state index contributed by atoms with van der Waals surface area (Å²) in [6.45, 7) is 0.822. The van der Waals surface area contributed by atoms with Gasteiger partial charge in [0.25, 0.3) is 0 Å². The van der Waals surface area contributed by atoms with E-state index in [0.717, 1.165) is 19.4 Å². The first-order valence-electron chi connectivity index (χ1n) is 5.06. The lowest BCUT2D eigenvalue weighted by atomic mass is 9.91. The van der Waals surface area contributed by atoms with E-state index in [1.807, 2.05) is 6.08 Å². The summed E-state index contributed by atoms with van der Waals surface area (Å²) in [5, 5.41) is 0. The lowest BCUT2D eigenvalue weighted by Gasteiger charge is -2.32. The van der Waals surface area contributed by atoms with Crippen molar-refractivity contribution in [2.75, 3.05) is 13.6 Å². The minimum Gasteiger partial charge on any atom is -0.328 e. The number of halogens is 2. The van der Waals surface area contributed by atoms with Crippen molar-refractivity contribution in [3.8, 4) is 0 Å². The van der Waals surface area contributed by atoms with Crippen LogP contribution in [0.25, 0.3) is 0 Å². The summed E-state index contributed by atoms with van der Waals surface area (Å²) >= 11 is 11.1. The van der Waals surface area contributed by atoms with Crippen molar-refractivity contribution in [3.05, 3.63) is 10.6 Å². The van der Waals surface area contributed by atoms with E-state index in [1.54, 1.807) is 0 Å². The van der Waals surface area contributed by atoms with Crippen LogP contribution < -0.4 is 5.73 Å². The highest BCUT2D eigenvalue weighted by Gasteiger charge is 2.20. The maximum atomic E-state index is 5.85. The Morgan fingerprint density at radius 3 is 2.43 bits per heavy atom. The Morgan fingerprint density at radius 1 is 1.36 bits per heavy atom. The van der Waals surface area contributed by atoms with Crippen molar-refractivity contribution in [3.63, 3.8) is 0 Å². The predicted octanol–water partition coefficient (Wildman–Crippen LogP) is 2.51. The normalized spacial score (nSPS) is 27.8. The van der Waals surface area contributed by atoms with Crippen LogP contribution in [0.1, 0.15) is 25.7 Å². The van der Waals surface area contributed by atoms with Crippen LogP contribution in [-0.4, -0.2) is 30.6 Å². The van der Waals surface area contributed by atoms with Gasteiger partial charge in [0, 0.05) is 18.6 Å². The van der Waals surface area contributed by atoms with Crippen LogP contribution in [0.4, 0.5) is 0 Å². The molecule has 0 spiro atoms. The van der Waals surface area contributed by atoms with Crippen LogP contribution in [0.3, 0.4) is 0 Å². The van der Waals surface area contributed by atoms with Gasteiger partial charge in [-0.15, -0.1) is 0 Å². The molecule has 0 heterocycles. The zero-order chi connectivity index (χ0) is 10.6. The van der Waals surface area contributed by atoms with Crippen molar-refractivity contribution in [2.24, 2.45) is 5.73 Å². The second-order valence-electron chi connectivity index (χ2n) is 4.00.